The van der Waals surface area contributed by atoms with Crippen molar-refractivity contribution in [2.45, 2.75) is 0 Å². The van der Waals surface area contributed by atoms with Crippen LogP contribution in [0.15, 0.2) is 21.4 Å². The molecule has 0 amide bonds. The third-order valence-electron chi connectivity index (χ3n) is 2.12. The maximum Gasteiger partial charge on any atom is 0.296 e. The van der Waals surface area contributed by atoms with E-state index in [2.05, 4.69) is 60.8 Å². The van der Waals surface area contributed by atoms with Crippen LogP contribution in [0.5, 0.6) is 0 Å². The van der Waals surface area contributed by atoms with Gasteiger partial charge in [-0.1, -0.05) is 29.8 Å². The van der Waals surface area contributed by atoms with E-state index in [-0.39, 0.29) is 0 Å². The molecule has 4 rings (SSSR count). The van der Waals surface area contributed by atoms with Gasteiger partial charge in [0.1, 0.15) is 0 Å². The second-order valence-corrected chi connectivity index (χ2v) is 4.43. The Hall–Kier alpha value is -5.18. The molecule has 0 aromatic carbocycles. The summed E-state index contributed by atoms with van der Waals surface area (Å²) in [4.78, 5) is 17.8. The number of aryl methyl sites for hydroxylation is 2. The van der Waals surface area contributed by atoms with E-state index in [1.54, 1.807) is 26.5 Å². The Morgan fingerprint density at radius 3 is 1.33 bits per heavy atom. The van der Waals surface area contributed by atoms with Gasteiger partial charge in [-0.05, 0) is 20.9 Å². The number of hydrogen-bond acceptors (Lipinski definition) is 16. The molecule has 0 spiro atoms. The summed E-state index contributed by atoms with van der Waals surface area (Å²) >= 11 is 0. The highest BCUT2D eigenvalue weighted by atomic mass is 16.6. The molecule has 4 N–H and O–H groups in total. The van der Waals surface area contributed by atoms with Crippen molar-refractivity contribution >= 4 is 23.7 Å². The van der Waals surface area contributed by atoms with Crippen LogP contribution in [0.3, 0.4) is 0 Å². The van der Waals surface area contributed by atoms with Crippen LogP contribution < -0.4 is 31.0 Å². The number of anilines is 2. The molecule has 0 saturated heterocycles. The van der Waals surface area contributed by atoms with Crippen molar-refractivity contribution in [2.75, 3.05) is 11.5 Å². The Morgan fingerprint density at radius 1 is 0.867 bits per heavy atom. The van der Waals surface area contributed by atoms with Crippen molar-refractivity contribution in [3.05, 3.63) is 32.6 Å². The van der Waals surface area contributed by atoms with Crippen LogP contribution in [0.4, 0.5) is 23.7 Å². The summed E-state index contributed by atoms with van der Waals surface area (Å²) in [6, 6.07) is 0. The number of nitrogen functional groups attached to an aromatic ring is 2. The number of rotatable bonds is 2. The molecule has 4 aromatic rings. The molecule has 4 aromatic heterocycles. The van der Waals surface area contributed by atoms with Crippen LogP contribution in [0.1, 0.15) is 0 Å². The molecule has 0 aliphatic heterocycles. The molecule has 0 fully saturated rings. The second kappa shape index (κ2) is 11.5. The Morgan fingerprint density at radius 2 is 1.23 bits per heavy atom. The smallest absolute Gasteiger partial charge is 0.296 e. The molecular weight excluding hydrogens is 416 g/mol. The van der Waals surface area contributed by atoms with E-state index in [4.69, 9.17) is 11.5 Å². The van der Waals surface area contributed by atoms with Gasteiger partial charge in [-0.2, -0.15) is 9.85 Å². The zero-order valence-corrected chi connectivity index (χ0v) is 15.0. The summed E-state index contributed by atoms with van der Waals surface area (Å²) in [6.07, 6.45) is 3.17. The predicted octanol–water partition coefficient (Wildman–Crippen LogP) is -4.36. The lowest BCUT2D eigenvalue weighted by atomic mass is 10.8. The lowest BCUT2D eigenvalue weighted by molar-refractivity contribution is -0.739. The van der Waals surface area contributed by atoms with E-state index < -0.39 is 21.7 Å². The SMILES string of the molecule is C[n+]1cc(N)on1.C[n+]1cc(N)on1.O=[N+]([O-])c1nnn[n-]1.O=[N+]([O-])c1nnn[n-]1. The van der Waals surface area contributed by atoms with Gasteiger partial charge in [0.05, 0.1) is 0 Å². The molecular formula is C8H12N16O6. The summed E-state index contributed by atoms with van der Waals surface area (Å²) in [5, 5.41) is 49.5. The Bertz CT molecular complexity index is 891. The second-order valence-electron chi connectivity index (χ2n) is 4.43. The third-order valence-corrected chi connectivity index (χ3v) is 2.12. The highest BCUT2D eigenvalue weighted by Crippen LogP contribution is 1.91. The molecule has 0 aliphatic carbocycles. The van der Waals surface area contributed by atoms with Gasteiger partial charge in [-0.15, -0.1) is 0 Å². The minimum atomic E-state index is -0.764. The van der Waals surface area contributed by atoms with Crippen molar-refractivity contribution in [1.82, 2.24) is 51.8 Å². The van der Waals surface area contributed by atoms with Gasteiger partial charge in [0.2, 0.25) is 0 Å². The fourth-order valence-electron chi connectivity index (χ4n) is 1.11. The van der Waals surface area contributed by atoms with Gasteiger partial charge in [-0.25, -0.2) is 0 Å². The van der Waals surface area contributed by atoms with Gasteiger partial charge < -0.3 is 31.7 Å². The minimum Gasteiger partial charge on any atom is -0.458 e. The highest BCUT2D eigenvalue weighted by molar-refractivity contribution is 5.11. The van der Waals surface area contributed by atoms with Crippen molar-refractivity contribution in [3.63, 3.8) is 0 Å². The lowest BCUT2D eigenvalue weighted by Crippen LogP contribution is -2.27. The van der Waals surface area contributed by atoms with Crippen LogP contribution in [0.25, 0.3) is 0 Å². The largest absolute Gasteiger partial charge is 0.458 e. The molecule has 0 radical (unpaired) electrons. The summed E-state index contributed by atoms with van der Waals surface area (Å²) in [5.74, 6) is -0.458. The number of aromatic nitrogens is 12. The number of nitro groups is 2. The number of tetrazole rings is 2. The van der Waals surface area contributed by atoms with Crippen molar-refractivity contribution in [2.24, 2.45) is 14.1 Å². The first-order chi connectivity index (χ1) is 14.2. The molecule has 0 atom stereocenters. The molecule has 0 saturated carbocycles. The fourth-order valence-corrected chi connectivity index (χ4v) is 1.11. The molecule has 0 unspecified atom stereocenters. The summed E-state index contributed by atoms with van der Waals surface area (Å²) in [7, 11) is 3.47. The summed E-state index contributed by atoms with van der Waals surface area (Å²) < 4.78 is 11.9. The van der Waals surface area contributed by atoms with Gasteiger partial charge in [0, 0.05) is 0 Å². The number of hydrogen-bond donors (Lipinski definition) is 2. The van der Waals surface area contributed by atoms with Gasteiger partial charge in [-0.3, -0.25) is 9.05 Å². The molecule has 0 aliphatic rings. The lowest BCUT2D eigenvalue weighted by Gasteiger charge is -1.92. The zero-order chi connectivity index (χ0) is 22.5. The zero-order valence-electron chi connectivity index (χ0n) is 15.0. The van der Waals surface area contributed by atoms with Crippen LogP contribution >= 0.6 is 0 Å². The maximum atomic E-state index is 9.66. The number of nitrogens with zero attached hydrogens (tertiary/aromatic N) is 14. The van der Waals surface area contributed by atoms with Crippen molar-refractivity contribution < 1.29 is 28.3 Å². The summed E-state index contributed by atoms with van der Waals surface area (Å²) in [6.45, 7) is 0. The van der Waals surface area contributed by atoms with Crippen molar-refractivity contribution in [3.8, 4) is 0 Å². The minimum absolute atomic E-state index is 0.336. The molecule has 30 heavy (non-hydrogen) atoms. The van der Waals surface area contributed by atoms with E-state index in [0.717, 1.165) is 0 Å². The molecule has 0 bridgehead atoms. The average Bonchev–Trinajstić information content (AvgIpc) is 3.46. The number of nitrogens with two attached hydrogens (primary N) is 2. The van der Waals surface area contributed by atoms with Gasteiger partial charge in [0.25, 0.3) is 36.1 Å². The van der Waals surface area contributed by atoms with Crippen LogP contribution in [0.2, 0.25) is 0 Å². The topological polar surface area (TPSA) is 304 Å². The van der Waals surface area contributed by atoms with Crippen LogP contribution in [0, 0.1) is 20.2 Å². The Balaban J connectivity index is 0.000000200. The first-order valence-electron chi connectivity index (χ1n) is 7.01. The Kier molecular flexibility index (Phi) is 8.78. The molecule has 22 heteroatoms. The van der Waals surface area contributed by atoms with Gasteiger partial charge in [0.15, 0.2) is 24.6 Å². The van der Waals surface area contributed by atoms with E-state index in [0.29, 0.717) is 11.8 Å². The highest BCUT2D eigenvalue weighted by Gasteiger charge is 1.98. The van der Waals surface area contributed by atoms with Crippen LogP contribution in [-0.2, 0) is 14.1 Å². The van der Waals surface area contributed by atoms with Crippen LogP contribution in [-0.4, -0.2) is 51.4 Å². The first-order valence-corrected chi connectivity index (χ1v) is 7.01. The predicted molar refractivity (Wildman–Crippen MR) is 83.8 cm³/mol. The van der Waals surface area contributed by atoms with E-state index in [9.17, 15) is 20.2 Å². The average molecular weight is 428 g/mol. The third kappa shape index (κ3) is 8.96. The normalized spacial score (nSPS) is 9.13. The fraction of sp³-hybridized carbons (Fsp3) is 0.250. The van der Waals surface area contributed by atoms with E-state index in [1.807, 2.05) is 0 Å². The Labute approximate surface area is 163 Å². The van der Waals surface area contributed by atoms with Gasteiger partial charge >= 0.3 is 0 Å². The monoisotopic (exact) mass is 428 g/mol. The summed E-state index contributed by atoms with van der Waals surface area (Å²) in [5.41, 5.74) is 10.3. The molecule has 4 heterocycles. The molecule has 22 nitrogen and oxygen atoms in total. The maximum absolute atomic E-state index is 9.66. The molecule has 160 valence electrons. The standard InChI is InChI=1S/2C3H6N3O.2CN5O2/c2*1-6-2-3(4)7-5-6;2*7-6(8)1-2-4-5-3-1/h2*2H,4H2,1H3;;/q2*+1;2*-1. The van der Waals surface area contributed by atoms with Crippen molar-refractivity contribution in [1.29, 1.82) is 0 Å². The quantitative estimate of drug-likeness (QED) is 0.173. The first kappa shape index (κ1) is 22.9. The van der Waals surface area contributed by atoms with E-state index in [1.165, 1.54) is 9.36 Å². The van der Waals surface area contributed by atoms with E-state index >= 15 is 0 Å².